The lowest BCUT2D eigenvalue weighted by Crippen LogP contribution is -2.37. The zero-order valence-electron chi connectivity index (χ0n) is 9.51. The van der Waals surface area contributed by atoms with Crippen molar-refractivity contribution in [1.82, 2.24) is 5.01 Å². The molecule has 2 N–H and O–H groups in total. The summed E-state index contributed by atoms with van der Waals surface area (Å²) in [4.78, 5) is 4.11. The van der Waals surface area contributed by atoms with Gasteiger partial charge in [0.05, 0.1) is 16.3 Å². The molecule has 18 heavy (non-hydrogen) atoms. The van der Waals surface area contributed by atoms with Crippen LogP contribution in [0.15, 0.2) is 28.3 Å². The molecule has 0 unspecified atom stereocenters. The SMILES string of the molecule is Br.NC1=NCCCN1/N=C/c1c(Cl)cccc1Cl. The van der Waals surface area contributed by atoms with Gasteiger partial charge in [-0.1, -0.05) is 29.3 Å². The summed E-state index contributed by atoms with van der Waals surface area (Å²) in [5.74, 6) is 0.427. The molecule has 7 heteroatoms. The van der Waals surface area contributed by atoms with E-state index in [0.717, 1.165) is 19.5 Å². The summed E-state index contributed by atoms with van der Waals surface area (Å²) in [5.41, 5.74) is 6.40. The first-order chi connectivity index (χ1) is 8.18. The van der Waals surface area contributed by atoms with Gasteiger partial charge in [-0.2, -0.15) is 5.10 Å². The van der Waals surface area contributed by atoms with E-state index in [0.29, 0.717) is 21.6 Å². The number of hydrogen-bond acceptors (Lipinski definition) is 4. The molecule has 0 bridgehead atoms. The van der Waals surface area contributed by atoms with Crippen molar-refractivity contribution >= 4 is 52.4 Å². The van der Waals surface area contributed by atoms with Crippen molar-refractivity contribution in [3.8, 4) is 0 Å². The normalized spacial score (nSPS) is 15.4. The highest BCUT2D eigenvalue weighted by molar-refractivity contribution is 8.93. The molecular formula is C11H13BrCl2N4. The second-order valence-electron chi connectivity index (χ2n) is 3.60. The predicted molar refractivity (Wildman–Crippen MR) is 82.2 cm³/mol. The van der Waals surface area contributed by atoms with Crippen LogP contribution in [0.1, 0.15) is 12.0 Å². The van der Waals surface area contributed by atoms with Gasteiger partial charge in [0.25, 0.3) is 0 Å². The van der Waals surface area contributed by atoms with Crippen molar-refractivity contribution in [2.75, 3.05) is 13.1 Å². The molecule has 1 aromatic carbocycles. The zero-order valence-corrected chi connectivity index (χ0v) is 12.7. The van der Waals surface area contributed by atoms with Crippen molar-refractivity contribution in [2.24, 2.45) is 15.8 Å². The van der Waals surface area contributed by atoms with Crippen LogP contribution in [0.4, 0.5) is 0 Å². The molecule has 0 spiro atoms. The number of nitrogens with zero attached hydrogens (tertiary/aromatic N) is 3. The molecule has 1 aliphatic heterocycles. The Hall–Kier alpha value is -0.780. The third-order valence-electron chi connectivity index (χ3n) is 2.39. The Bertz CT molecular complexity index is 456. The first-order valence-corrected chi connectivity index (χ1v) is 5.99. The van der Waals surface area contributed by atoms with E-state index in [1.165, 1.54) is 0 Å². The van der Waals surface area contributed by atoms with E-state index < -0.39 is 0 Å². The Morgan fingerprint density at radius 2 is 2.00 bits per heavy atom. The van der Waals surface area contributed by atoms with Crippen molar-refractivity contribution in [2.45, 2.75) is 6.42 Å². The topological polar surface area (TPSA) is 54.0 Å². The summed E-state index contributed by atoms with van der Waals surface area (Å²) < 4.78 is 0. The number of guanidine groups is 1. The molecule has 4 nitrogen and oxygen atoms in total. The van der Waals surface area contributed by atoms with Gasteiger partial charge in [0.15, 0.2) is 0 Å². The third-order valence-corrected chi connectivity index (χ3v) is 3.05. The van der Waals surface area contributed by atoms with E-state index in [-0.39, 0.29) is 17.0 Å². The van der Waals surface area contributed by atoms with Crippen LogP contribution < -0.4 is 5.73 Å². The molecule has 0 fully saturated rings. The Morgan fingerprint density at radius 3 is 2.61 bits per heavy atom. The maximum absolute atomic E-state index is 6.03. The number of nitrogens with two attached hydrogens (primary N) is 1. The van der Waals surface area contributed by atoms with E-state index >= 15 is 0 Å². The van der Waals surface area contributed by atoms with Crippen LogP contribution in [0.3, 0.4) is 0 Å². The number of aliphatic imine (C=N–C) groups is 1. The van der Waals surface area contributed by atoms with Gasteiger partial charge in [-0.25, -0.2) is 5.01 Å². The monoisotopic (exact) mass is 350 g/mol. The molecule has 1 aromatic rings. The molecular weight excluding hydrogens is 339 g/mol. The number of hydrogen-bond donors (Lipinski definition) is 1. The minimum atomic E-state index is 0. The van der Waals surface area contributed by atoms with Crippen molar-refractivity contribution < 1.29 is 0 Å². The molecule has 1 aliphatic rings. The fraction of sp³-hybridized carbons (Fsp3) is 0.273. The molecule has 98 valence electrons. The van der Waals surface area contributed by atoms with Gasteiger partial charge in [0, 0.05) is 18.7 Å². The van der Waals surface area contributed by atoms with Gasteiger partial charge < -0.3 is 5.73 Å². The molecule has 0 saturated carbocycles. The maximum Gasteiger partial charge on any atom is 0.212 e. The Balaban J connectivity index is 0.00000162. The average molecular weight is 352 g/mol. The van der Waals surface area contributed by atoms with Crippen LogP contribution in [0.5, 0.6) is 0 Å². The Kier molecular flexibility index (Phi) is 5.91. The highest BCUT2D eigenvalue weighted by Gasteiger charge is 2.10. The van der Waals surface area contributed by atoms with Gasteiger partial charge in [0.1, 0.15) is 0 Å². The van der Waals surface area contributed by atoms with E-state index in [1.54, 1.807) is 29.4 Å². The minimum absolute atomic E-state index is 0. The molecule has 0 radical (unpaired) electrons. The number of hydrazone groups is 1. The van der Waals surface area contributed by atoms with Crippen LogP contribution in [0, 0.1) is 0 Å². The maximum atomic E-state index is 6.03. The molecule has 2 rings (SSSR count). The summed E-state index contributed by atoms with van der Waals surface area (Å²) in [6.07, 6.45) is 2.55. The molecule has 0 amide bonds. The van der Waals surface area contributed by atoms with Crippen molar-refractivity contribution in [1.29, 1.82) is 0 Å². The molecule has 0 saturated heterocycles. The predicted octanol–water partition coefficient (Wildman–Crippen LogP) is 2.93. The second-order valence-corrected chi connectivity index (χ2v) is 4.41. The summed E-state index contributed by atoms with van der Waals surface area (Å²) in [6.45, 7) is 1.51. The van der Waals surface area contributed by atoms with Crippen LogP contribution in [-0.4, -0.2) is 30.3 Å². The minimum Gasteiger partial charge on any atom is -0.368 e. The van der Waals surface area contributed by atoms with E-state index in [9.17, 15) is 0 Å². The van der Waals surface area contributed by atoms with Gasteiger partial charge in [-0.3, -0.25) is 4.99 Å². The van der Waals surface area contributed by atoms with E-state index in [2.05, 4.69) is 10.1 Å². The van der Waals surface area contributed by atoms with Crippen LogP contribution >= 0.6 is 40.2 Å². The summed E-state index contributed by atoms with van der Waals surface area (Å²) in [7, 11) is 0. The number of rotatable bonds is 2. The Labute approximate surface area is 126 Å². The van der Waals surface area contributed by atoms with E-state index in [4.69, 9.17) is 28.9 Å². The first kappa shape index (κ1) is 15.3. The molecule has 0 aromatic heterocycles. The summed E-state index contributed by atoms with van der Waals surface area (Å²) in [5, 5.41) is 7.01. The fourth-order valence-corrected chi connectivity index (χ4v) is 1.98. The highest BCUT2D eigenvalue weighted by atomic mass is 79.9. The number of halogens is 3. The van der Waals surface area contributed by atoms with Crippen LogP contribution in [0.25, 0.3) is 0 Å². The highest BCUT2D eigenvalue weighted by Crippen LogP contribution is 2.22. The van der Waals surface area contributed by atoms with Crippen molar-refractivity contribution in [3.63, 3.8) is 0 Å². The molecule has 0 atom stereocenters. The fourth-order valence-electron chi connectivity index (χ4n) is 1.49. The Morgan fingerprint density at radius 1 is 1.33 bits per heavy atom. The first-order valence-electron chi connectivity index (χ1n) is 5.24. The van der Waals surface area contributed by atoms with Gasteiger partial charge in [-0.05, 0) is 18.6 Å². The lowest BCUT2D eigenvalue weighted by Gasteiger charge is -2.21. The summed E-state index contributed by atoms with van der Waals surface area (Å²) in [6, 6.07) is 5.32. The van der Waals surface area contributed by atoms with Crippen LogP contribution in [0.2, 0.25) is 10.0 Å². The number of benzene rings is 1. The zero-order chi connectivity index (χ0) is 12.3. The van der Waals surface area contributed by atoms with Crippen LogP contribution in [-0.2, 0) is 0 Å². The standard InChI is InChI=1S/C11H12Cl2N4.BrH/c12-9-3-1-4-10(13)8(9)7-16-17-6-2-5-15-11(17)14;/h1,3-4,7H,2,5-6H2,(H2,14,15);1H/b16-7+;. The second kappa shape index (κ2) is 6.97. The molecule has 1 heterocycles. The largest absolute Gasteiger partial charge is 0.368 e. The van der Waals surface area contributed by atoms with Gasteiger partial charge in [0.2, 0.25) is 5.96 Å². The van der Waals surface area contributed by atoms with Crippen molar-refractivity contribution in [3.05, 3.63) is 33.8 Å². The quantitative estimate of drug-likeness (QED) is 0.833. The lowest BCUT2D eigenvalue weighted by molar-refractivity contribution is 0.413. The third kappa shape index (κ3) is 3.60. The lowest BCUT2D eigenvalue weighted by atomic mass is 10.2. The van der Waals surface area contributed by atoms with Gasteiger partial charge >= 0.3 is 0 Å². The average Bonchev–Trinajstić information content (AvgIpc) is 2.30. The van der Waals surface area contributed by atoms with Gasteiger partial charge in [-0.15, -0.1) is 17.0 Å². The van der Waals surface area contributed by atoms with E-state index in [1.807, 2.05) is 0 Å². The smallest absolute Gasteiger partial charge is 0.212 e. The molecule has 0 aliphatic carbocycles. The summed E-state index contributed by atoms with van der Waals surface area (Å²) >= 11 is 12.1.